The first-order valence-electron chi connectivity index (χ1n) is 7.90. The molecule has 0 aliphatic carbocycles. The second-order valence-corrected chi connectivity index (χ2v) is 5.24. The fourth-order valence-corrected chi connectivity index (χ4v) is 1.87. The van der Waals surface area contributed by atoms with Gasteiger partial charge in [-0.05, 0) is 18.2 Å². The Kier molecular flexibility index (Phi) is 8.37. The zero-order valence-corrected chi connectivity index (χ0v) is 15.2. The van der Waals surface area contributed by atoms with Gasteiger partial charge in [0.15, 0.2) is 5.90 Å². The zero-order chi connectivity index (χ0) is 20.4. The maximum absolute atomic E-state index is 10.9. The Morgan fingerprint density at radius 3 is 2.26 bits per heavy atom. The van der Waals surface area contributed by atoms with Gasteiger partial charge in [0.25, 0.3) is 0 Å². The van der Waals surface area contributed by atoms with E-state index in [9.17, 15) is 19.2 Å². The topological polar surface area (TPSA) is 136 Å². The molecule has 2 N–H and O–H groups in total. The molecule has 0 amide bonds. The monoisotopic (exact) mass is 376 g/mol. The molecule has 9 nitrogen and oxygen atoms in total. The van der Waals surface area contributed by atoms with Crippen LogP contribution in [0.15, 0.2) is 39.5 Å². The van der Waals surface area contributed by atoms with Gasteiger partial charge in [0.1, 0.15) is 5.58 Å². The normalized spacial score (nSPS) is 9.59. The first-order chi connectivity index (χ1) is 12.7. The lowest BCUT2D eigenvalue weighted by molar-refractivity contribution is -0.158. The Bertz CT molecular complexity index is 874. The number of esters is 3. The van der Waals surface area contributed by atoms with Crippen molar-refractivity contribution in [1.82, 2.24) is 0 Å². The number of carbonyl (C=O) groups is 3. The van der Waals surface area contributed by atoms with Gasteiger partial charge in [-0.3, -0.25) is 19.8 Å². The average Bonchev–Trinajstić information content (AvgIpc) is 2.58. The summed E-state index contributed by atoms with van der Waals surface area (Å²) in [5.41, 5.74) is 1.22. The molecule has 1 aromatic heterocycles. The van der Waals surface area contributed by atoms with Crippen LogP contribution in [0.2, 0.25) is 0 Å². The highest BCUT2D eigenvalue weighted by atomic mass is 16.6. The number of benzene rings is 1. The third-order valence-corrected chi connectivity index (χ3v) is 2.99. The molecule has 144 valence electrons. The van der Waals surface area contributed by atoms with Gasteiger partial charge in [-0.1, -0.05) is 0 Å². The first kappa shape index (κ1) is 21.6. The summed E-state index contributed by atoms with van der Waals surface area (Å²) in [6.07, 6.45) is -0.225. The van der Waals surface area contributed by atoms with E-state index in [0.29, 0.717) is 5.58 Å². The van der Waals surface area contributed by atoms with E-state index in [0.717, 1.165) is 24.9 Å². The molecular formula is C18H20N2O7. The van der Waals surface area contributed by atoms with E-state index in [1.165, 1.54) is 6.07 Å². The lowest BCUT2D eigenvalue weighted by Gasteiger charge is -2.02. The van der Waals surface area contributed by atoms with Gasteiger partial charge in [-0.25, -0.2) is 4.79 Å². The molecule has 0 atom stereocenters. The van der Waals surface area contributed by atoms with Gasteiger partial charge < -0.3 is 19.2 Å². The minimum Gasteiger partial charge on any atom is -0.423 e. The summed E-state index contributed by atoms with van der Waals surface area (Å²) < 4.78 is 13.6. The van der Waals surface area contributed by atoms with E-state index >= 15 is 0 Å². The SMILES string of the molecule is CC(=O)OC(=N)CCC(=O)OC(C)=O.CNc1ccc2ccc(=O)oc2c1. The molecule has 0 fully saturated rings. The number of hydrogen-bond donors (Lipinski definition) is 2. The second-order valence-electron chi connectivity index (χ2n) is 5.24. The van der Waals surface area contributed by atoms with Gasteiger partial charge in [0, 0.05) is 50.5 Å². The summed E-state index contributed by atoms with van der Waals surface area (Å²) in [5, 5.41) is 11.0. The maximum atomic E-state index is 10.9. The van der Waals surface area contributed by atoms with Gasteiger partial charge in [-0.2, -0.15) is 0 Å². The van der Waals surface area contributed by atoms with Crippen molar-refractivity contribution in [3.8, 4) is 0 Å². The number of ether oxygens (including phenoxy) is 2. The fourth-order valence-electron chi connectivity index (χ4n) is 1.87. The molecule has 0 bridgehead atoms. The molecule has 1 heterocycles. The Morgan fingerprint density at radius 1 is 1.04 bits per heavy atom. The smallest absolute Gasteiger partial charge is 0.336 e. The molecule has 27 heavy (non-hydrogen) atoms. The molecule has 0 saturated heterocycles. The highest BCUT2D eigenvalue weighted by molar-refractivity contribution is 5.89. The van der Waals surface area contributed by atoms with E-state index in [2.05, 4.69) is 14.8 Å². The van der Waals surface area contributed by atoms with Crippen molar-refractivity contribution >= 4 is 40.5 Å². The van der Waals surface area contributed by atoms with Gasteiger partial charge >= 0.3 is 23.5 Å². The Hall–Kier alpha value is -3.49. The van der Waals surface area contributed by atoms with E-state index < -0.39 is 17.9 Å². The Morgan fingerprint density at radius 2 is 1.67 bits per heavy atom. The standard InChI is InChI=1S/C10H9NO2.C8H11NO5/c1-11-8-4-2-7-3-5-10(12)13-9(7)6-8;1-5(10)13-7(9)3-4-8(12)14-6(2)11/h2-6,11H,1H3;9H,3-4H2,1-2H3. The minimum absolute atomic E-state index is 0.0638. The predicted molar refractivity (Wildman–Crippen MR) is 97.5 cm³/mol. The van der Waals surface area contributed by atoms with Gasteiger partial charge in [0.2, 0.25) is 0 Å². The van der Waals surface area contributed by atoms with Crippen LogP contribution in [0.25, 0.3) is 11.0 Å². The molecule has 0 saturated carbocycles. The van der Waals surface area contributed by atoms with Crippen molar-refractivity contribution in [1.29, 1.82) is 5.41 Å². The average molecular weight is 376 g/mol. The number of fused-ring (bicyclic) bond motifs is 1. The van der Waals surface area contributed by atoms with Crippen LogP contribution in [0.3, 0.4) is 0 Å². The molecule has 2 rings (SSSR count). The summed E-state index contributed by atoms with van der Waals surface area (Å²) in [5.74, 6) is -2.38. The van der Waals surface area contributed by atoms with E-state index in [1.54, 1.807) is 12.1 Å². The molecular weight excluding hydrogens is 356 g/mol. The van der Waals surface area contributed by atoms with Crippen LogP contribution in [-0.2, 0) is 23.9 Å². The number of nitrogens with one attached hydrogen (secondary N) is 2. The molecule has 2 aromatic rings. The molecule has 0 spiro atoms. The molecule has 0 radical (unpaired) electrons. The summed E-state index contributed by atoms with van der Waals surface area (Å²) in [4.78, 5) is 42.3. The van der Waals surface area contributed by atoms with Gasteiger partial charge in [-0.15, -0.1) is 0 Å². The fraction of sp³-hybridized carbons (Fsp3) is 0.278. The number of anilines is 1. The first-order valence-corrected chi connectivity index (χ1v) is 7.90. The van der Waals surface area contributed by atoms with Crippen molar-refractivity contribution in [3.63, 3.8) is 0 Å². The third kappa shape index (κ3) is 8.43. The van der Waals surface area contributed by atoms with Crippen molar-refractivity contribution < 1.29 is 28.3 Å². The van der Waals surface area contributed by atoms with E-state index in [-0.39, 0.29) is 24.4 Å². The lowest BCUT2D eigenvalue weighted by atomic mass is 10.2. The highest BCUT2D eigenvalue weighted by Crippen LogP contribution is 2.16. The van der Waals surface area contributed by atoms with Crippen LogP contribution in [0, 0.1) is 5.41 Å². The van der Waals surface area contributed by atoms with E-state index in [1.807, 2.05) is 19.2 Å². The summed E-state index contributed by atoms with van der Waals surface area (Å²) in [6.45, 7) is 2.26. The maximum Gasteiger partial charge on any atom is 0.336 e. The quantitative estimate of drug-likeness (QED) is 0.273. The minimum atomic E-state index is -0.741. The second kappa shape index (κ2) is 10.5. The Balaban J connectivity index is 0.000000270. The molecule has 0 aliphatic rings. The molecule has 1 aromatic carbocycles. The Labute approximate surface area is 154 Å². The highest BCUT2D eigenvalue weighted by Gasteiger charge is 2.09. The molecule has 0 unspecified atom stereocenters. The van der Waals surface area contributed by atoms with Crippen LogP contribution in [-0.4, -0.2) is 30.9 Å². The summed E-state index contributed by atoms with van der Waals surface area (Å²) in [7, 11) is 1.82. The largest absolute Gasteiger partial charge is 0.423 e. The molecule has 9 heteroatoms. The lowest BCUT2D eigenvalue weighted by Crippen LogP contribution is -2.13. The van der Waals surface area contributed by atoms with E-state index in [4.69, 9.17) is 9.83 Å². The summed E-state index contributed by atoms with van der Waals surface area (Å²) >= 11 is 0. The molecule has 0 aliphatic heterocycles. The number of rotatable bonds is 4. The van der Waals surface area contributed by atoms with Crippen molar-refractivity contribution in [2.75, 3.05) is 12.4 Å². The zero-order valence-electron chi connectivity index (χ0n) is 15.2. The predicted octanol–water partition coefficient (Wildman–Crippen LogP) is 2.23. The summed E-state index contributed by atoms with van der Waals surface area (Å²) in [6, 6.07) is 8.81. The van der Waals surface area contributed by atoms with Crippen LogP contribution in [0.1, 0.15) is 26.7 Å². The number of carbonyl (C=O) groups excluding carboxylic acids is 3. The third-order valence-electron chi connectivity index (χ3n) is 2.99. The van der Waals surface area contributed by atoms with Crippen molar-refractivity contribution in [2.45, 2.75) is 26.7 Å². The van der Waals surface area contributed by atoms with Crippen LogP contribution in [0.5, 0.6) is 0 Å². The van der Waals surface area contributed by atoms with Crippen LogP contribution in [0.4, 0.5) is 5.69 Å². The van der Waals surface area contributed by atoms with Crippen LogP contribution >= 0.6 is 0 Å². The van der Waals surface area contributed by atoms with Crippen molar-refractivity contribution in [2.24, 2.45) is 0 Å². The van der Waals surface area contributed by atoms with Gasteiger partial charge in [0.05, 0.1) is 6.42 Å². The van der Waals surface area contributed by atoms with Crippen molar-refractivity contribution in [3.05, 3.63) is 40.8 Å². The van der Waals surface area contributed by atoms with Crippen LogP contribution < -0.4 is 10.9 Å². The number of hydrogen-bond acceptors (Lipinski definition) is 9.